The van der Waals surface area contributed by atoms with Crippen LogP contribution in [0.15, 0.2) is 30.6 Å². The standard InChI is InChI=1S/C13H11N3S/c14-7-11-6-12(10-2-1-3-15-8-10)16-4-5-17-9-13(11)16/h1-3,6,8H,4-5,9H2. The van der Waals surface area contributed by atoms with Gasteiger partial charge < -0.3 is 4.57 Å². The molecule has 3 heterocycles. The van der Waals surface area contributed by atoms with E-state index in [1.54, 1.807) is 6.20 Å². The molecule has 2 aromatic rings. The van der Waals surface area contributed by atoms with Crippen LogP contribution in [0.5, 0.6) is 0 Å². The van der Waals surface area contributed by atoms with E-state index in [0.29, 0.717) is 0 Å². The fourth-order valence-electron chi connectivity index (χ4n) is 2.17. The summed E-state index contributed by atoms with van der Waals surface area (Å²) in [6.45, 7) is 0.978. The van der Waals surface area contributed by atoms with Crippen LogP contribution in [0.1, 0.15) is 11.3 Å². The minimum Gasteiger partial charge on any atom is -0.342 e. The number of nitrogens with zero attached hydrogens (tertiary/aromatic N) is 3. The van der Waals surface area contributed by atoms with Crippen molar-refractivity contribution in [1.29, 1.82) is 5.26 Å². The van der Waals surface area contributed by atoms with Crippen LogP contribution in [0.3, 0.4) is 0 Å². The van der Waals surface area contributed by atoms with Gasteiger partial charge in [-0.1, -0.05) is 0 Å². The maximum atomic E-state index is 9.17. The molecule has 3 nitrogen and oxygen atoms in total. The van der Waals surface area contributed by atoms with Crippen molar-refractivity contribution in [3.05, 3.63) is 41.9 Å². The van der Waals surface area contributed by atoms with Gasteiger partial charge in [0.15, 0.2) is 0 Å². The van der Waals surface area contributed by atoms with Gasteiger partial charge in [0.25, 0.3) is 0 Å². The molecule has 2 aromatic heterocycles. The number of hydrogen-bond acceptors (Lipinski definition) is 3. The summed E-state index contributed by atoms with van der Waals surface area (Å²) in [5.41, 5.74) is 4.16. The van der Waals surface area contributed by atoms with E-state index in [9.17, 15) is 0 Å². The fourth-order valence-corrected chi connectivity index (χ4v) is 3.14. The first-order valence-corrected chi connectivity index (χ1v) is 6.66. The first-order valence-electron chi connectivity index (χ1n) is 5.51. The van der Waals surface area contributed by atoms with Gasteiger partial charge in [0, 0.05) is 41.7 Å². The van der Waals surface area contributed by atoms with E-state index in [4.69, 9.17) is 5.26 Å². The molecule has 0 bridgehead atoms. The third kappa shape index (κ3) is 1.73. The van der Waals surface area contributed by atoms with Gasteiger partial charge in [-0.05, 0) is 18.2 Å². The quantitative estimate of drug-likeness (QED) is 0.770. The van der Waals surface area contributed by atoms with Gasteiger partial charge in [0.1, 0.15) is 6.07 Å². The van der Waals surface area contributed by atoms with Crippen molar-refractivity contribution in [3.63, 3.8) is 0 Å². The molecule has 0 N–H and O–H groups in total. The van der Waals surface area contributed by atoms with Crippen LogP contribution in [0.4, 0.5) is 0 Å². The Bertz CT molecular complexity index is 581. The summed E-state index contributed by atoms with van der Waals surface area (Å²) in [6.07, 6.45) is 3.62. The molecular formula is C13H11N3S. The SMILES string of the molecule is N#Cc1cc(-c2cccnc2)n2c1CSCC2. The number of thioether (sulfide) groups is 1. The summed E-state index contributed by atoms with van der Waals surface area (Å²) in [4.78, 5) is 4.14. The van der Waals surface area contributed by atoms with E-state index in [0.717, 1.165) is 40.6 Å². The summed E-state index contributed by atoms with van der Waals surface area (Å²) >= 11 is 1.89. The lowest BCUT2D eigenvalue weighted by Crippen LogP contribution is -2.11. The highest BCUT2D eigenvalue weighted by Crippen LogP contribution is 2.31. The highest BCUT2D eigenvalue weighted by molar-refractivity contribution is 7.98. The molecule has 0 atom stereocenters. The summed E-state index contributed by atoms with van der Waals surface area (Å²) in [5, 5.41) is 9.17. The Morgan fingerprint density at radius 1 is 1.47 bits per heavy atom. The van der Waals surface area contributed by atoms with Crippen LogP contribution in [-0.2, 0) is 12.3 Å². The van der Waals surface area contributed by atoms with Crippen molar-refractivity contribution in [3.8, 4) is 17.3 Å². The Kier molecular flexibility index (Phi) is 2.62. The molecule has 0 saturated carbocycles. The van der Waals surface area contributed by atoms with Crippen molar-refractivity contribution < 1.29 is 0 Å². The predicted octanol–water partition coefficient (Wildman–Crippen LogP) is 2.67. The van der Waals surface area contributed by atoms with Crippen molar-refractivity contribution >= 4 is 11.8 Å². The summed E-state index contributed by atoms with van der Waals surface area (Å²) in [5.74, 6) is 2.04. The molecule has 0 aromatic carbocycles. The third-order valence-electron chi connectivity index (χ3n) is 2.98. The number of aromatic nitrogens is 2. The zero-order valence-electron chi connectivity index (χ0n) is 9.26. The normalized spacial score (nSPS) is 14.1. The van der Waals surface area contributed by atoms with Gasteiger partial charge >= 0.3 is 0 Å². The van der Waals surface area contributed by atoms with E-state index >= 15 is 0 Å². The predicted molar refractivity (Wildman–Crippen MR) is 68.5 cm³/mol. The molecule has 0 spiro atoms. The van der Waals surface area contributed by atoms with Crippen molar-refractivity contribution in [2.24, 2.45) is 0 Å². The fraction of sp³-hybridized carbons (Fsp3) is 0.231. The molecule has 0 aliphatic carbocycles. The van der Waals surface area contributed by atoms with Crippen LogP contribution in [0, 0.1) is 11.3 Å². The Morgan fingerprint density at radius 2 is 2.41 bits per heavy atom. The maximum Gasteiger partial charge on any atom is 0.101 e. The second kappa shape index (κ2) is 4.27. The summed E-state index contributed by atoms with van der Waals surface area (Å²) < 4.78 is 2.26. The highest BCUT2D eigenvalue weighted by Gasteiger charge is 2.19. The number of pyridine rings is 1. The molecule has 0 radical (unpaired) electrons. The lowest BCUT2D eigenvalue weighted by atomic mass is 10.2. The first kappa shape index (κ1) is 10.4. The zero-order valence-corrected chi connectivity index (χ0v) is 10.1. The number of nitriles is 1. The second-order valence-corrected chi connectivity index (χ2v) is 5.05. The molecule has 17 heavy (non-hydrogen) atoms. The van der Waals surface area contributed by atoms with Crippen molar-refractivity contribution in [1.82, 2.24) is 9.55 Å². The van der Waals surface area contributed by atoms with Crippen molar-refractivity contribution in [2.45, 2.75) is 12.3 Å². The number of rotatable bonds is 1. The van der Waals surface area contributed by atoms with Gasteiger partial charge in [0.2, 0.25) is 0 Å². The second-order valence-electron chi connectivity index (χ2n) is 3.95. The lowest BCUT2D eigenvalue weighted by Gasteiger charge is -2.17. The summed E-state index contributed by atoms with van der Waals surface area (Å²) in [7, 11) is 0. The molecule has 0 fully saturated rings. The zero-order chi connectivity index (χ0) is 11.7. The minimum atomic E-state index is 0.802. The average molecular weight is 241 g/mol. The Labute approximate surface area is 104 Å². The number of fused-ring (bicyclic) bond motifs is 1. The first-order chi connectivity index (χ1) is 8.40. The van der Waals surface area contributed by atoms with E-state index in [2.05, 4.69) is 15.6 Å². The topological polar surface area (TPSA) is 41.6 Å². The van der Waals surface area contributed by atoms with E-state index in [1.807, 2.05) is 36.2 Å². The Hall–Kier alpha value is -1.73. The summed E-state index contributed by atoms with van der Waals surface area (Å²) in [6, 6.07) is 8.24. The van der Waals surface area contributed by atoms with Gasteiger partial charge in [-0.2, -0.15) is 17.0 Å². The van der Waals surface area contributed by atoms with Crippen LogP contribution in [-0.4, -0.2) is 15.3 Å². The van der Waals surface area contributed by atoms with Gasteiger partial charge in [-0.25, -0.2) is 0 Å². The molecule has 0 saturated heterocycles. The molecule has 1 aliphatic rings. The van der Waals surface area contributed by atoms with Crippen LogP contribution in [0.25, 0.3) is 11.3 Å². The largest absolute Gasteiger partial charge is 0.342 e. The molecule has 84 valence electrons. The smallest absolute Gasteiger partial charge is 0.101 e. The molecule has 0 unspecified atom stereocenters. The lowest BCUT2D eigenvalue weighted by molar-refractivity contribution is 0.738. The van der Waals surface area contributed by atoms with Crippen LogP contribution >= 0.6 is 11.8 Å². The average Bonchev–Trinajstić information content (AvgIpc) is 2.78. The monoisotopic (exact) mass is 241 g/mol. The third-order valence-corrected chi connectivity index (χ3v) is 3.93. The Morgan fingerprint density at radius 3 is 3.18 bits per heavy atom. The van der Waals surface area contributed by atoms with Crippen LogP contribution < -0.4 is 0 Å². The van der Waals surface area contributed by atoms with Gasteiger partial charge in [0.05, 0.1) is 11.3 Å². The van der Waals surface area contributed by atoms with Crippen LogP contribution in [0.2, 0.25) is 0 Å². The van der Waals surface area contributed by atoms with Gasteiger partial charge in [-0.3, -0.25) is 4.98 Å². The minimum absolute atomic E-state index is 0.802. The maximum absolute atomic E-state index is 9.17. The van der Waals surface area contributed by atoms with Gasteiger partial charge in [-0.15, -0.1) is 0 Å². The molecular weight excluding hydrogens is 230 g/mol. The molecule has 1 aliphatic heterocycles. The van der Waals surface area contributed by atoms with E-state index < -0.39 is 0 Å². The van der Waals surface area contributed by atoms with Crippen molar-refractivity contribution in [2.75, 3.05) is 5.75 Å². The molecule has 0 amide bonds. The van der Waals surface area contributed by atoms with E-state index in [-0.39, 0.29) is 0 Å². The number of hydrogen-bond donors (Lipinski definition) is 0. The Balaban J connectivity index is 2.18. The van der Waals surface area contributed by atoms with E-state index in [1.165, 1.54) is 0 Å². The highest BCUT2D eigenvalue weighted by atomic mass is 32.2. The molecule has 4 heteroatoms. The molecule has 3 rings (SSSR count).